The highest BCUT2D eigenvalue weighted by molar-refractivity contribution is 7.16. The van der Waals surface area contributed by atoms with Crippen molar-refractivity contribution in [2.75, 3.05) is 13.1 Å². The summed E-state index contributed by atoms with van der Waals surface area (Å²) >= 11 is 7.52. The van der Waals surface area contributed by atoms with Crippen molar-refractivity contribution < 1.29 is 0 Å². The van der Waals surface area contributed by atoms with Crippen molar-refractivity contribution >= 4 is 28.9 Å². The Hall–Kier alpha value is -0.740. The third-order valence-corrected chi connectivity index (χ3v) is 3.89. The maximum Gasteiger partial charge on any atom is 0.191 e. The van der Waals surface area contributed by atoms with Crippen LogP contribution in [0.4, 0.5) is 0 Å². The Balaban J connectivity index is 2.44. The summed E-state index contributed by atoms with van der Waals surface area (Å²) in [7, 11) is 0. The average Bonchev–Trinajstić information content (AvgIpc) is 2.75. The van der Waals surface area contributed by atoms with Gasteiger partial charge in [0.05, 0.1) is 4.34 Å². The Morgan fingerprint density at radius 2 is 2.22 bits per heavy atom. The molecule has 0 saturated carbocycles. The molecule has 0 aromatic carbocycles. The number of thiophene rings is 1. The van der Waals surface area contributed by atoms with Crippen LogP contribution in [-0.4, -0.2) is 25.1 Å². The van der Waals surface area contributed by atoms with E-state index >= 15 is 0 Å². The van der Waals surface area contributed by atoms with Gasteiger partial charge in [0, 0.05) is 30.4 Å². The maximum absolute atomic E-state index is 5.90. The lowest BCUT2D eigenvalue weighted by Crippen LogP contribution is -2.42. The van der Waals surface area contributed by atoms with E-state index in [9.17, 15) is 0 Å². The summed E-state index contributed by atoms with van der Waals surface area (Å²) < 4.78 is 0.846. The highest BCUT2D eigenvalue weighted by Crippen LogP contribution is 2.21. The maximum atomic E-state index is 5.90. The molecule has 1 aromatic rings. The number of nitrogens with one attached hydrogen (secondary N) is 2. The van der Waals surface area contributed by atoms with Crippen molar-refractivity contribution in [2.45, 2.75) is 39.7 Å². The van der Waals surface area contributed by atoms with Crippen LogP contribution in [0, 0.1) is 0 Å². The topological polar surface area (TPSA) is 36.4 Å². The molecule has 0 aliphatic heterocycles. The zero-order chi connectivity index (χ0) is 13.4. The van der Waals surface area contributed by atoms with Gasteiger partial charge in [-0.05, 0) is 32.4 Å². The smallest absolute Gasteiger partial charge is 0.191 e. The third kappa shape index (κ3) is 5.74. The van der Waals surface area contributed by atoms with Crippen LogP contribution >= 0.6 is 22.9 Å². The van der Waals surface area contributed by atoms with Gasteiger partial charge in [0.1, 0.15) is 0 Å². The molecule has 0 fully saturated rings. The van der Waals surface area contributed by atoms with E-state index in [0.29, 0.717) is 6.04 Å². The first-order valence-electron chi connectivity index (χ1n) is 6.44. The van der Waals surface area contributed by atoms with Gasteiger partial charge in [-0.15, -0.1) is 11.3 Å². The van der Waals surface area contributed by atoms with Crippen LogP contribution in [-0.2, 0) is 6.42 Å². The molecule has 2 N–H and O–H groups in total. The Morgan fingerprint density at radius 3 is 2.78 bits per heavy atom. The summed E-state index contributed by atoms with van der Waals surface area (Å²) in [5.74, 6) is 0.898. The molecule has 0 amide bonds. The average molecular weight is 288 g/mol. The summed E-state index contributed by atoms with van der Waals surface area (Å²) in [5, 5.41) is 6.63. The summed E-state index contributed by atoms with van der Waals surface area (Å²) in [6.07, 6.45) is 2.03. The second kappa shape index (κ2) is 8.38. The SMILES string of the molecule is CCNC(=NCCc1ccc(Cl)s1)NC(C)CC. The fourth-order valence-electron chi connectivity index (χ4n) is 1.42. The summed E-state index contributed by atoms with van der Waals surface area (Å²) in [6, 6.07) is 4.45. The first-order chi connectivity index (χ1) is 8.65. The van der Waals surface area contributed by atoms with Crippen LogP contribution in [0.5, 0.6) is 0 Å². The molecule has 0 bridgehead atoms. The van der Waals surface area contributed by atoms with Gasteiger partial charge in [-0.2, -0.15) is 0 Å². The van der Waals surface area contributed by atoms with Crippen molar-refractivity contribution in [3.63, 3.8) is 0 Å². The fraction of sp³-hybridized carbons (Fsp3) is 0.615. The van der Waals surface area contributed by atoms with Crippen molar-refractivity contribution in [1.29, 1.82) is 0 Å². The molecular formula is C13H22ClN3S. The highest BCUT2D eigenvalue weighted by Gasteiger charge is 2.02. The minimum atomic E-state index is 0.444. The number of halogens is 1. The van der Waals surface area contributed by atoms with Crippen molar-refractivity contribution in [3.05, 3.63) is 21.3 Å². The van der Waals surface area contributed by atoms with Crippen molar-refractivity contribution in [2.24, 2.45) is 4.99 Å². The lowest BCUT2D eigenvalue weighted by atomic mass is 10.3. The van der Waals surface area contributed by atoms with E-state index in [0.717, 1.165) is 36.2 Å². The Bertz CT molecular complexity index is 376. The fourth-order valence-corrected chi connectivity index (χ4v) is 2.50. The molecule has 18 heavy (non-hydrogen) atoms. The standard InChI is InChI=1S/C13H22ClN3S/c1-4-10(3)17-13(15-5-2)16-9-8-11-6-7-12(14)18-11/h6-7,10H,4-5,8-9H2,1-3H3,(H2,15,16,17). The molecule has 1 rings (SSSR count). The van der Waals surface area contributed by atoms with E-state index in [1.807, 2.05) is 6.07 Å². The van der Waals surface area contributed by atoms with Gasteiger partial charge in [0.25, 0.3) is 0 Å². The van der Waals surface area contributed by atoms with Crippen LogP contribution in [0.25, 0.3) is 0 Å². The van der Waals surface area contributed by atoms with Gasteiger partial charge in [-0.25, -0.2) is 0 Å². The van der Waals surface area contributed by atoms with E-state index in [1.165, 1.54) is 4.88 Å². The normalized spacial score (nSPS) is 13.4. The monoisotopic (exact) mass is 287 g/mol. The number of guanidine groups is 1. The van der Waals surface area contributed by atoms with Gasteiger partial charge in [-0.3, -0.25) is 4.99 Å². The lowest BCUT2D eigenvalue weighted by molar-refractivity contribution is 0.624. The molecule has 1 unspecified atom stereocenters. The van der Waals surface area contributed by atoms with Crippen LogP contribution in [0.15, 0.2) is 17.1 Å². The predicted molar refractivity (Wildman–Crippen MR) is 81.9 cm³/mol. The van der Waals surface area contributed by atoms with Gasteiger partial charge < -0.3 is 10.6 Å². The molecule has 1 heterocycles. The van der Waals surface area contributed by atoms with Crippen LogP contribution < -0.4 is 10.6 Å². The first kappa shape index (κ1) is 15.3. The molecule has 102 valence electrons. The highest BCUT2D eigenvalue weighted by atomic mass is 35.5. The number of hydrogen-bond donors (Lipinski definition) is 2. The predicted octanol–water partition coefficient (Wildman–Crippen LogP) is 3.30. The molecule has 1 atom stereocenters. The van der Waals surface area contributed by atoms with Gasteiger partial charge in [0.2, 0.25) is 0 Å². The van der Waals surface area contributed by atoms with E-state index in [-0.39, 0.29) is 0 Å². The first-order valence-corrected chi connectivity index (χ1v) is 7.64. The Morgan fingerprint density at radius 1 is 1.44 bits per heavy atom. The molecular weight excluding hydrogens is 266 g/mol. The zero-order valence-electron chi connectivity index (χ0n) is 11.3. The van der Waals surface area contributed by atoms with Gasteiger partial charge in [-0.1, -0.05) is 18.5 Å². The van der Waals surface area contributed by atoms with Crippen molar-refractivity contribution in [1.82, 2.24) is 10.6 Å². The minimum Gasteiger partial charge on any atom is -0.357 e. The number of aliphatic imine (C=N–C) groups is 1. The van der Waals surface area contributed by atoms with Crippen molar-refractivity contribution in [3.8, 4) is 0 Å². The van der Waals surface area contributed by atoms with E-state index < -0.39 is 0 Å². The summed E-state index contributed by atoms with van der Waals surface area (Å²) in [6.45, 7) is 8.06. The van der Waals surface area contributed by atoms with Crippen LogP contribution in [0.2, 0.25) is 4.34 Å². The quantitative estimate of drug-likeness (QED) is 0.622. The van der Waals surface area contributed by atoms with Crippen LogP contribution in [0.1, 0.15) is 32.1 Å². The van der Waals surface area contributed by atoms with E-state index in [4.69, 9.17) is 11.6 Å². The third-order valence-electron chi connectivity index (χ3n) is 2.60. The van der Waals surface area contributed by atoms with Gasteiger partial charge in [0.15, 0.2) is 5.96 Å². The molecule has 0 radical (unpaired) electrons. The van der Waals surface area contributed by atoms with Crippen LogP contribution in [0.3, 0.4) is 0 Å². The Labute approximate surface area is 119 Å². The van der Waals surface area contributed by atoms with E-state index in [2.05, 4.69) is 42.5 Å². The summed E-state index contributed by atoms with van der Waals surface area (Å²) in [5.41, 5.74) is 0. The minimum absolute atomic E-state index is 0.444. The second-order valence-corrected chi connectivity index (χ2v) is 5.97. The lowest BCUT2D eigenvalue weighted by Gasteiger charge is -2.16. The molecule has 0 spiro atoms. The Kier molecular flexibility index (Phi) is 7.13. The molecule has 3 nitrogen and oxygen atoms in total. The zero-order valence-corrected chi connectivity index (χ0v) is 12.9. The molecule has 0 saturated heterocycles. The largest absolute Gasteiger partial charge is 0.357 e. The molecule has 0 aliphatic carbocycles. The summed E-state index contributed by atoms with van der Waals surface area (Å²) in [4.78, 5) is 5.84. The molecule has 0 aliphatic rings. The van der Waals surface area contributed by atoms with E-state index in [1.54, 1.807) is 11.3 Å². The molecule has 1 aromatic heterocycles. The number of rotatable bonds is 6. The number of hydrogen-bond acceptors (Lipinski definition) is 2. The van der Waals surface area contributed by atoms with Gasteiger partial charge >= 0.3 is 0 Å². The molecule has 5 heteroatoms. The number of nitrogens with zero attached hydrogens (tertiary/aromatic N) is 1. The second-order valence-electron chi connectivity index (χ2n) is 4.17.